The molecule has 0 amide bonds. The lowest BCUT2D eigenvalue weighted by Crippen LogP contribution is -2.49. The van der Waals surface area contributed by atoms with Gasteiger partial charge in [0.2, 0.25) is 0 Å². The first-order chi connectivity index (χ1) is 11.2. The average Bonchev–Trinajstić information content (AvgIpc) is 3.09. The second kappa shape index (κ2) is 7.90. The van der Waals surface area contributed by atoms with Gasteiger partial charge in [-0.25, -0.2) is 0 Å². The Labute approximate surface area is 147 Å². The van der Waals surface area contributed by atoms with Crippen LogP contribution in [0.5, 0.6) is 0 Å². The molecule has 1 saturated heterocycles. The van der Waals surface area contributed by atoms with Gasteiger partial charge in [0.25, 0.3) is 0 Å². The monoisotopic (exact) mass is 345 g/mol. The van der Waals surface area contributed by atoms with Gasteiger partial charge in [0.15, 0.2) is 5.11 Å². The number of piperazine rings is 1. The predicted octanol–water partition coefficient (Wildman–Crippen LogP) is 3.83. The van der Waals surface area contributed by atoms with Gasteiger partial charge in [-0.2, -0.15) is 11.3 Å². The molecule has 2 heterocycles. The second-order valence-electron chi connectivity index (χ2n) is 5.88. The van der Waals surface area contributed by atoms with Crippen molar-refractivity contribution in [1.82, 2.24) is 9.80 Å². The molecule has 0 radical (unpaired) electrons. The minimum Gasteiger partial charge on any atom is -0.346 e. The van der Waals surface area contributed by atoms with Gasteiger partial charge in [-0.1, -0.05) is 19.1 Å². The van der Waals surface area contributed by atoms with Crippen LogP contribution in [0, 0.1) is 0 Å². The summed E-state index contributed by atoms with van der Waals surface area (Å²) in [5.41, 5.74) is 3.84. The summed E-state index contributed by atoms with van der Waals surface area (Å²) in [5.74, 6) is 0. The summed E-state index contributed by atoms with van der Waals surface area (Å²) in [5, 5.41) is 8.58. The largest absolute Gasteiger partial charge is 0.346 e. The van der Waals surface area contributed by atoms with E-state index in [1.165, 1.54) is 11.1 Å². The number of benzene rings is 1. The van der Waals surface area contributed by atoms with Crippen LogP contribution in [-0.4, -0.2) is 41.1 Å². The highest BCUT2D eigenvalue weighted by Crippen LogP contribution is 2.14. The molecule has 0 spiro atoms. The minimum atomic E-state index is 0.837. The van der Waals surface area contributed by atoms with Crippen molar-refractivity contribution < 1.29 is 0 Å². The van der Waals surface area contributed by atoms with Crippen LogP contribution in [0.25, 0.3) is 0 Å². The zero-order valence-corrected chi connectivity index (χ0v) is 15.1. The Morgan fingerprint density at radius 2 is 1.83 bits per heavy atom. The maximum Gasteiger partial charge on any atom is 0.173 e. The molecule has 3 nitrogen and oxygen atoms in total. The normalized spacial score (nSPS) is 15.6. The first kappa shape index (κ1) is 16.4. The molecule has 2 aromatic rings. The molecule has 1 aliphatic rings. The van der Waals surface area contributed by atoms with Crippen LogP contribution in [0.2, 0.25) is 0 Å². The Bertz CT molecular complexity index is 614. The van der Waals surface area contributed by atoms with Gasteiger partial charge in [-0.15, -0.1) is 0 Å². The van der Waals surface area contributed by atoms with Crippen molar-refractivity contribution in [2.45, 2.75) is 19.9 Å². The summed E-state index contributed by atoms with van der Waals surface area (Å²) < 4.78 is 0. The molecule has 1 fully saturated rings. The molecule has 1 aliphatic heterocycles. The lowest BCUT2D eigenvalue weighted by molar-refractivity contribution is 0.177. The molecule has 1 aromatic heterocycles. The molecular formula is C18H23N3S2. The summed E-state index contributed by atoms with van der Waals surface area (Å²) in [7, 11) is 0. The smallest absolute Gasteiger partial charge is 0.173 e. The van der Waals surface area contributed by atoms with Gasteiger partial charge < -0.3 is 10.2 Å². The lowest BCUT2D eigenvalue weighted by Gasteiger charge is -2.36. The molecule has 0 bridgehead atoms. The molecule has 5 heteroatoms. The van der Waals surface area contributed by atoms with E-state index >= 15 is 0 Å². The molecule has 0 aliphatic carbocycles. The number of thiophene rings is 1. The fraction of sp³-hybridized carbons (Fsp3) is 0.389. The molecule has 1 aromatic carbocycles. The molecule has 0 saturated carbocycles. The number of aryl methyl sites for hydroxylation is 1. The van der Waals surface area contributed by atoms with E-state index in [1.54, 1.807) is 11.3 Å². The highest BCUT2D eigenvalue weighted by molar-refractivity contribution is 7.80. The summed E-state index contributed by atoms with van der Waals surface area (Å²) >= 11 is 7.34. The van der Waals surface area contributed by atoms with Crippen molar-refractivity contribution in [3.8, 4) is 0 Å². The van der Waals surface area contributed by atoms with E-state index in [0.29, 0.717) is 0 Å². The number of nitrogens with zero attached hydrogens (tertiary/aromatic N) is 2. The number of rotatable bonds is 4. The first-order valence-corrected chi connectivity index (χ1v) is 9.48. The Balaban J connectivity index is 1.47. The third-order valence-corrected chi connectivity index (χ3v) is 5.35. The van der Waals surface area contributed by atoms with Crippen molar-refractivity contribution in [1.29, 1.82) is 0 Å². The average molecular weight is 346 g/mol. The van der Waals surface area contributed by atoms with Crippen LogP contribution in [0.1, 0.15) is 18.1 Å². The highest BCUT2D eigenvalue weighted by atomic mass is 32.1. The van der Waals surface area contributed by atoms with E-state index in [1.807, 2.05) is 0 Å². The molecule has 0 unspecified atom stereocenters. The van der Waals surface area contributed by atoms with Crippen LogP contribution in [0.15, 0.2) is 41.1 Å². The Morgan fingerprint density at radius 3 is 2.43 bits per heavy atom. The molecule has 122 valence electrons. The summed E-state index contributed by atoms with van der Waals surface area (Å²) in [6.45, 7) is 7.32. The van der Waals surface area contributed by atoms with Gasteiger partial charge >= 0.3 is 0 Å². The SMILES string of the molecule is CCc1ccc(NC(=S)N2CCN(Cc3ccsc3)CC2)cc1. The zero-order valence-electron chi connectivity index (χ0n) is 13.5. The van der Waals surface area contributed by atoms with E-state index in [9.17, 15) is 0 Å². The Morgan fingerprint density at radius 1 is 1.09 bits per heavy atom. The third-order valence-electron chi connectivity index (χ3n) is 4.26. The molecule has 0 atom stereocenters. The highest BCUT2D eigenvalue weighted by Gasteiger charge is 2.19. The van der Waals surface area contributed by atoms with Crippen molar-refractivity contribution in [2.24, 2.45) is 0 Å². The molecule has 1 N–H and O–H groups in total. The molecular weight excluding hydrogens is 322 g/mol. The fourth-order valence-corrected chi connectivity index (χ4v) is 3.74. The van der Waals surface area contributed by atoms with E-state index in [2.05, 4.69) is 63.1 Å². The summed E-state index contributed by atoms with van der Waals surface area (Å²) in [4.78, 5) is 4.77. The van der Waals surface area contributed by atoms with Crippen molar-refractivity contribution >= 4 is 34.4 Å². The topological polar surface area (TPSA) is 18.5 Å². The van der Waals surface area contributed by atoms with Gasteiger partial charge in [-0.3, -0.25) is 4.90 Å². The number of hydrogen-bond donors (Lipinski definition) is 1. The Hall–Kier alpha value is -1.43. The van der Waals surface area contributed by atoms with E-state index < -0.39 is 0 Å². The van der Waals surface area contributed by atoms with Crippen LogP contribution in [0.4, 0.5) is 5.69 Å². The standard InChI is InChI=1S/C18H23N3S2/c1-2-15-3-5-17(6-4-15)19-18(22)21-10-8-20(9-11-21)13-16-7-12-23-14-16/h3-7,12,14H,2,8-11,13H2,1H3,(H,19,22). The zero-order chi connectivity index (χ0) is 16.1. The fourth-order valence-electron chi connectivity index (χ4n) is 2.78. The third kappa shape index (κ3) is 4.53. The number of thiocarbonyl (C=S) groups is 1. The van der Waals surface area contributed by atoms with Crippen molar-refractivity contribution in [3.63, 3.8) is 0 Å². The van der Waals surface area contributed by atoms with Gasteiger partial charge in [-0.05, 0) is 58.7 Å². The van der Waals surface area contributed by atoms with Crippen LogP contribution in [-0.2, 0) is 13.0 Å². The number of nitrogens with one attached hydrogen (secondary N) is 1. The quantitative estimate of drug-likeness (QED) is 0.849. The van der Waals surface area contributed by atoms with Crippen LogP contribution in [0.3, 0.4) is 0 Å². The first-order valence-electron chi connectivity index (χ1n) is 8.13. The maximum absolute atomic E-state index is 5.57. The second-order valence-corrected chi connectivity index (χ2v) is 7.04. The predicted molar refractivity (Wildman–Crippen MR) is 103 cm³/mol. The van der Waals surface area contributed by atoms with Gasteiger partial charge in [0.05, 0.1) is 0 Å². The molecule has 3 rings (SSSR count). The van der Waals surface area contributed by atoms with Gasteiger partial charge in [0.1, 0.15) is 0 Å². The summed E-state index contributed by atoms with van der Waals surface area (Å²) in [6.07, 6.45) is 1.07. The van der Waals surface area contributed by atoms with E-state index in [0.717, 1.165) is 49.9 Å². The minimum absolute atomic E-state index is 0.837. The van der Waals surface area contributed by atoms with Crippen molar-refractivity contribution in [2.75, 3.05) is 31.5 Å². The Kier molecular flexibility index (Phi) is 5.65. The maximum atomic E-state index is 5.57. The lowest BCUT2D eigenvalue weighted by atomic mass is 10.1. The van der Waals surface area contributed by atoms with Crippen LogP contribution >= 0.6 is 23.6 Å². The number of hydrogen-bond acceptors (Lipinski definition) is 3. The van der Waals surface area contributed by atoms with Crippen LogP contribution < -0.4 is 5.32 Å². The molecule has 23 heavy (non-hydrogen) atoms. The van der Waals surface area contributed by atoms with E-state index in [-0.39, 0.29) is 0 Å². The van der Waals surface area contributed by atoms with Gasteiger partial charge in [0, 0.05) is 38.4 Å². The van der Waals surface area contributed by atoms with Crippen molar-refractivity contribution in [3.05, 3.63) is 52.2 Å². The van der Waals surface area contributed by atoms with E-state index in [4.69, 9.17) is 12.2 Å². The summed E-state index contributed by atoms with van der Waals surface area (Å²) in [6, 6.07) is 10.7. The number of anilines is 1.